The molecule has 0 bridgehead atoms. The van der Waals surface area contributed by atoms with E-state index in [1.54, 1.807) is 24.0 Å². The Bertz CT molecular complexity index is 622. The molecule has 1 N–H and O–H groups in total. The molecule has 1 fully saturated rings. The molecule has 6 heteroatoms. The Morgan fingerprint density at radius 1 is 1.41 bits per heavy atom. The van der Waals surface area contributed by atoms with Gasteiger partial charge in [0, 0.05) is 18.2 Å². The summed E-state index contributed by atoms with van der Waals surface area (Å²) in [5.41, 5.74) is 1.54. The smallest absolute Gasteiger partial charge is 0.254 e. The summed E-state index contributed by atoms with van der Waals surface area (Å²) in [5, 5.41) is 17.3. The first-order valence-electron chi connectivity index (χ1n) is 7.61. The van der Waals surface area contributed by atoms with Crippen molar-refractivity contribution in [1.29, 1.82) is 0 Å². The van der Waals surface area contributed by atoms with Crippen LogP contribution in [0, 0.1) is 0 Å². The van der Waals surface area contributed by atoms with E-state index >= 15 is 0 Å². The van der Waals surface area contributed by atoms with E-state index in [1.165, 1.54) is 0 Å². The predicted molar refractivity (Wildman–Crippen MR) is 81.7 cm³/mol. The van der Waals surface area contributed by atoms with Crippen LogP contribution in [-0.2, 0) is 0 Å². The minimum atomic E-state index is -0.381. The number of aromatic nitrogens is 3. The molecule has 6 nitrogen and oxygen atoms in total. The first kappa shape index (κ1) is 14.7. The lowest BCUT2D eigenvalue weighted by molar-refractivity contribution is 0.0682. The third-order valence-electron chi connectivity index (χ3n) is 4.05. The maximum absolute atomic E-state index is 12.6. The molecule has 116 valence electrons. The molecule has 22 heavy (non-hydrogen) atoms. The number of rotatable bonds is 4. The molecule has 2 aromatic rings. The lowest BCUT2D eigenvalue weighted by Crippen LogP contribution is -2.37. The molecule has 0 saturated carbocycles. The van der Waals surface area contributed by atoms with Crippen molar-refractivity contribution >= 4 is 5.91 Å². The van der Waals surface area contributed by atoms with Crippen LogP contribution < -0.4 is 0 Å². The molecule has 2 heterocycles. The lowest BCUT2D eigenvalue weighted by atomic mass is 10.1. The number of benzene rings is 1. The summed E-state index contributed by atoms with van der Waals surface area (Å²) in [6.45, 7) is 2.54. The van der Waals surface area contributed by atoms with Gasteiger partial charge in [-0.05, 0) is 50.5 Å². The average Bonchev–Trinajstić information content (AvgIpc) is 3.17. The van der Waals surface area contributed by atoms with Crippen LogP contribution >= 0.6 is 0 Å². The normalized spacial score (nSPS) is 19.4. The molecular formula is C16H20N4O2. The van der Waals surface area contributed by atoms with Crippen molar-refractivity contribution in [3.05, 3.63) is 42.2 Å². The van der Waals surface area contributed by atoms with Crippen LogP contribution in [0.5, 0.6) is 0 Å². The summed E-state index contributed by atoms with van der Waals surface area (Å²) >= 11 is 0. The molecule has 1 aliphatic rings. The molecule has 2 atom stereocenters. The maximum Gasteiger partial charge on any atom is 0.254 e. The van der Waals surface area contributed by atoms with Crippen molar-refractivity contribution in [2.75, 3.05) is 6.54 Å². The van der Waals surface area contributed by atoms with Crippen molar-refractivity contribution < 1.29 is 9.90 Å². The summed E-state index contributed by atoms with van der Waals surface area (Å²) in [6.07, 6.45) is 5.60. The van der Waals surface area contributed by atoms with Crippen molar-refractivity contribution in [1.82, 2.24) is 19.9 Å². The summed E-state index contributed by atoms with van der Waals surface area (Å²) in [4.78, 5) is 14.5. The Kier molecular flexibility index (Phi) is 4.20. The zero-order chi connectivity index (χ0) is 15.5. The quantitative estimate of drug-likeness (QED) is 0.932. The van der Waals surface area contributed by atoms with Gasteiger partial charge in [0.25, 0.3) is 5.91 Å². The van der Waals surface area contributed by atoms with Gasteiger partial charge in [0.05, 0.1) is 24.2 Å². The molecule has 1 aromatic carbocycles. The van der Waals surface area contributed by atoms with E-state index in [0.717, 1.165) is 25.1 Å². The van der Waals surface area contributed by atoms with E-state index in [2.05, 4.69) is 10.3 Å². The van der Waals surface area contributed by atoms with E-state index in [-0.39, 0.29) is 18.1 Å². The third kappa shape index (κ3) is 3.01. The van der Waals surface area contributed by atoms with Crippen LogP contribution in [-0.4, -0.2) is 49.6 Å². The number of aliphatic hydroxyl groups is 1. The Labute approximate surface area is 129 Å². The average molecular weight is 300 g/mol. The molecule has 1 aromatic heterocycles. The van der Waals surface area contributed by atoms with Gasteiger partial charge in [0.15, 0.2) is 0 Å². The minimum Gasteiger partial charge on any atom is -0.393 e. The fraction of sp³-hybridized carbons (Fsp3) is 0.438. The highest BCUT2D eigenvalue weighted by atomic mass is 16.3. The number of amides is 1. The van der Waals surface area contributed by atoms with E-state index in [4.69, 9.17) is 0 Å². The molecule has 1 amide bonds. The van der Waals surface area contributed by atoms with Crippen molar-refractivity contribution in [3.63, 3.8) is 0 Å². The zero-order valence-corrected chi connectivity index (χ0v) is 12.6. The molecule has 2 unspecified atom stereocenters. The molecule has 1 aliphatic heterocycles. The molecule has 0 aliphatic carbocycles. The molecule has 0 spiro atoms. The van der Waals surface area contributed by atoms with Gasteiger partial charge in [0.1, 0.15) is 0 Å². The first-order valence-corrected chi connectivity index (χ1v) is 7.61. The summed E-state index contributed by atoms with van der Waals surface area (Å²) < 4.78 is 1.65. The number of carbonyl (C=O) groups excluding carboxylic acids is 1. The number of nitrogens with zero attached hydrogens (tertiary/aromatic N) is 4. The largest absolute Gasteiger partial charge is 0.393 e. The van der Waals surface area contributed by atoms with Crippen molar-refractivity contribution in [2.45, 2.75) is 38.3 Å². The van der Waals surface area contributed by atoms with Crippen LogP contribution in [0.4, 0.5) is 0 Å². The Balaban J connectivity index is 1.74. The molecular weight excluding hydrogens is 280 g/mol. The van der Waals surface area contributed by atoms with Gasteiger partial charge in [-0.2, -0.15) is 0 Å². The topological polar surface area (TPSA) is 71.2 Å². The SMILES string of the molecule is CC(O)CC1CCCN1C(=O)c1ccc(-n2ccnn2)cc1. The van der Waals surface area contributed by atoms with Gasteiger partial charge >= 0.3 is 0 Å². The van der Waals surface area contributed by atoms with Gasteiger partial charge in [-0.15, -0.1) is 5.10 Å². The maximum atomic E-state index is 12.6. The predicted octanol–water partition coefficient (Wildman–Crippen LogP) is 1.64. The van der Waals surface area contributed by atoms with Gasteiger partial charge < -0.3 is 10.0 Å². The second kappa shape index (κ2) is 6.27. The first-order chi connectivity index (χ1) is 10.6. The summed E-state index contributed by atoms with van der Waals surface area (Å²) in [5.74, 6) is 0.0355. The van der Waals surface area contributed by atoms with Gasteiger partial charge in [-0.3, -0.25) is 4.79 Å². The van der Waals surface area contributed by atoms with Gasteiger partial charge in [0.2, 0.25) is 0 Å². The van der Waals surface area contributed by atoms with Crippen LogP contribution in [0.15, 0.2) is 36.7 Å². The molecule has 3 rings (SSSR count). The fourth-order valence-corrected chi connectivity index (χ4v) is 3.01. The van der Waals surface area contributed by atoms with Crippen molar-refractivity contribution in [2.24, 2.45) is 0 Å². The highest BCUT2D eigenvalue weighted by Crippen LogP contribution is 2.24. The fourth-order valence-electron chi connectivity index (χ4n) is 3.01. The Hall–Kier alpha value is -2.21. The van der Waals surface area contributed by atoms with E-state index in [0.29, 0.717) is 12.0 Å². The van der Waals surface area contributed by atoms with Gasteiger partial charge in [-0.25, -0.2) is 4.68 Å². The number of hydrogen-bond donors (Lipinski definition) is 1. The number of aliphatic hydroxyl groups excluding tert-OH is 1. The van der Waals surface area contributed by atoms with Crippen molar-refractivity contribution in [3.8, 4) is 5.69 Å². The second-order valence-electron chi connectivity index (χ2n) is 5.77. The van der Waals surface area contributed by atoms with Gasteiger partial charge in [-0.1, -0.05) is 5.21 Å². The van der Waals surface area contributed by atoms with E-state index in [9.17, 15) is 9.90 Å². The standard InChI is InChI=1S/C16H20N4O2/c1-12(21)11-15-3-2-9-19(15)16(22)13-4-6-14(7-5-13)20-10-8-17-18-20/h4-8,10,12,15,21H,2-3,9,11H2,1H3. The Morgan fingerprint density at radius 2 is 2.18 bits per heavy atom. The number of likely N-dealkylation sites (tertiary alicyclic amines) is 1. The number of carbonyl (C=O) groups is 1. The molecule has 0 radical (unpaired) electrons. The summed E-state index contributed by atoms with van der Waals surface area (Å²) in [6, 6.07) is 7.50. The minimum absolute atomic E-state index is 0.0355. The van der Waals surface area contributed by atoms with Crippen LogP contribution in [0.1, 0.15) is 36.5 Å². The third-order valence-corrected chi connectivity index (χ3v) is 4.05. The van der Waals surface area contributed by atoms with Crippen LogP contribution in [0.3, 0.4) is 0 Å². The highest BCUT2D eigenvalue weighted by molar-refractivity contribution is 5.94. The number of hydrogen-bond acceptors (Lipinski definition) is 4. The highest BCUT2D eigenvalue weighted by Gasteiger charge is 2.30. The zero-order valence-electron chi connectivity index (χ0n) is 12.6. The van der Waals surface area contributed by atoms with E-state index in [1.807, 2.05) is 29.2 Å². The summed E-state index contributed by atoms with van der Waals surface area (Å²) in [7, 11) is 0. The molecule has 1 saturated heterocycles. The second-order valence-corrected chi connectivity index (χ2v) is 5.77. The monoisotopic (exact) mass is 300 g/mol. The lowest BCUT2D eigenvalue weighted by Gasteiger charge is -2.25. The van der Waals surface area contributed by atoms with Crippen LogP contribution in [0.2, 0.25) is 0 Å². The Morgan fingerprint density at radius 3 is 2.82 bits per heavy atom. The van der Waals surface area contributed by atoms with Crippen LogP contribution in [0.25, 0.3) is 5.69 Å². The van der Waals surface area contributed by atoms with E-state index < -0.39 is 0 Å².